The van der Waals surface area contributed by atoms with Gasteiger partial charge in [-0.2, -0.15) is 0 Å². The summed E-state index contributed by atoms with van der Waals surface area (Å²) in [4.78, 5) is 21.5. The summed E-state index contributed by atoms with van der Waals surface area (Å²) in [7, 11) is 1.61. The largest absolute Gasteiger partial charge is 0.497 e. The molecular formula is C22H28ClN3O4. The summed E-state index contributed by atoms with van der Waals surface area (Å²) >= 11 is 6.50. The maximum atomic E-state index is 11.7. The van der Waals surface area contributed by atoms with Gasteiger partial charge in [0.2, 0.25) is 0 Å². The number of methoxy groups -OCH3 is 1. The van der Waals surface area contributed by atoms with E-state index in [0.717, 1.165) is 22.6 Å². The maximum Gasteiger partial charge on any atom is 0.305 e. The molecular weight excluding hydrogens is 406 g/mol. The molecule has 0 radical (unpaired) electrons. The number of nitrogens with zero attached hydrogens (tertiary/aromatic N) is 2. The Hall–Kier alpha value is -2.38. The maximum absolute atomic E-state index is 11.7. The van der Waals surface area contributed by atoms with E-state index in [2.05, 4.69) is 5.32 Å². The average molecular weight is 434 g/mol. The van der Waals surface area contributed by atoms with Gasteiger partial charge in [0.05, 0.1) is 48.5 Å². The zero-order valence-corrected chi connectivity index (χ0v) is 18.6. The van der Waals surface area contributed by atoms with Crippen LogP contribution in [-0.2, 0) is 27.1 Å². The molecule has 1 N–H and O–H groups in total. The molecule has 2 aromatic rings. The average Bonchev–Trinajstić information content (AvgIpc) is 3.19. The highest BCUT2D eigenvalue weighted by molar-refractivity contribution is 6.33. The number of carbonyl (C=O) groups is 1. The van der Waals surface area contributed by atoms with Crippen molar-refractivity contribution in [3.8, 4) is 17.0 Å². The van der Waals surface area contributed by atoms with Crippen LogP contribution in [0.3, 0.4) is 0 Å². The lowest BCUT2D eigenvalue weighted by Gasteiger charge is -2.22. The number of benzene rings is 1. The molecule has 0 spiro atoms. The minimum Gasteiger partial charge on any atom is -0.497 e. The molecule has 2 atom stereocenters. The summed E-state index contributed by atoms with van der Waals surface area (Å²) in [5.74, 6) is 1.14. The van der Waals surface area contributed by atoms with Crippen molar-refractivity contribution in [2.24, 2.45) is 0 Å². The Morgan fingerprint density at radius 2 is 1.97 bits per heavy atom. The van der Waals surface area contributed by atoms with Crippen molar-refractivity contribution in [2.75, 3.05) is 25.6 Å². The number of carbonyl (C=O) groups excluding carboxylic acids is 1. The van der Waals surface area contributed by atoms with E-state index in [-0.39, 0.29) is 18.1 Å². The summed E-state index contributed by atoms with van der Waals surface area (Å²) in [6.07, 6.45) is 1.37. The van der Waals surface area contributed by atoms with Gasteiger partial charge < -0.3 is 19.5 Å². The van der Waals surface area contributed by atoms with Crippen LogP contribution in [-0.4, -0.2) is 48.4 Å². The number of aryl methyl sites for hydroxylation is 2. The highest BCUT2D eigenvalue weighted by Crippen LogP contribution is 2.33. The van der Waals surface area contributed by atoms with Crippen molar-refractivity contribution in [3.63, 3.8) is 0 Å². The Bertz CT molecular complexity index is 906. The molecule has 0 saturated carbocycles. The van der Waals surface area contributed by atoms with Crippen LogP contribution in [0.2, 0.25) is 5.02 Å². The van der Waals surface area contributed by atoms with Gasteiger partial charge in [-0.1, -0.05) is 32.4 Å². The minimum atomic E-state index is -0.343. The van der Waals surface area contributed by atoms with Crippen LogP contribution in [0.5, 0.6) is 5.75 Å². The third-order valence-corrected chi connectivity index (χ3v) is 5.38. The van der Waals surface area contributed by atoms with Crippen LogP contribution >= 0.6 is 11.6 Å². The second-order valence-electron chi connectivity index (χ2n) is 7.04. The first-order valence-electron chi connectivity index (χ1n) is 10.3. The molecule has 1 aromatic carbocycles. The van der Waals surface area contributed by atoms with E-state index >= 15 is 0 Å². The van der Waals surface area contributed by atoms with Gasteiger partial charge in [-0.25, -0.2) is 9.97 Å². The zero-order chi connectivity index (χ0) is 21.7. The van der Waals surface area contributed by atoms with Crippen molar-refractivity contribution >= 4 is 23.4 Å². The van der Waals surface area contributed by atoms with E-state index in [0.29, 0.717) is 49.1 Å². The van der Waals surface area contributed by atoms with E-state index in [9.17, 15) is 4.79 Å². The molecule has 30 heavy (non-hydrogen) atoms. The van der Waals surface area contributed by atoms with Crippen molar-refractivity contribution in [1.82, 2.24) is 9.97 Å². The van der Waals surface area contributed by atoms with Gasteiger partial charge in [-0.3, -0.25) is 4.79 Å². The number of ether oxygens (including phenoxy) is 3. The fourth-order valence-corrected chi connectivity index (χ4v) is 3.62. The summed E-state index contributed by atoms with van der Waals surface area (Å²) < 4.78 is 16.3. The number of rotatable bonds is 8. The van der Waals surface area contributed by atoms with E-state index in [1.165, 1.54) is 0 Å². The topological polar surface area (TPSA) is 82.6 Å². The van der Waals surface area contributed by atoms with Crippen LogP contribution < -0.4 is 10.1 Å². The van der Waals surface area contributed by atoms with E-state index in [4.69, 9.17) is 35.8 Å². The monoisotopic (exact) mass is 433 g/mol. The fraction of sp³-hybridized carbons (Fsp3) is 0.500. The van der Waals surface area contributed by atoms with Gasteiger partial charge in [0.15, 0.2) is 0 Å². The molecule has 0 aliphatic carbocycles. The van der Waals surface area contributed by atoms with Crippen LogP contribution in [0.1, 0.15) is 38.6 Å². The molecule has 0 bridgehead atoms. The lowest BCUT2D eigenvalue weighted by molar-refractivity contribution is -0.148. The third-order valence-electron chi connectivity index (χ3n) is 5.06. The standard InChI is InChI=1S/C22H28ClN3O4/c1-5-16-21(14-9-8-13(28-4)10-15(14)23)24-17(6-2)22(25-16)26-18-11-29-12-19(18)30-20(27)7-3/h8-10,18-19H,5-7,11-12H2,1-4H3,(H,25,26)/t18-,19-/m0/s1. The second-order valence-corrected chi connectivity index (χ2v) is 7.44. The normalized spacial score (nSPS) is 18.3. The molecule has 1 aliphatic rings. The Morgan fingerprint density at radius 1 is 1.20 bits per heavy atom. The lowest BCUT2D eigenvalue weighted by atomic mass is 10.1. The SMILES string of the molecule is CCC(=O)O[C@H]1COC[C@@H]1Nc1nc(CC)c(-c2ccc(OC)cc2Cl)nc1CC. The zero-order valence-electron chi connectivity index (χ0n) is 17.8. The number of anilines is 1. The van der Waals surface area contributed by atoms with Gasteiger partial charge in [0.1, 0.15) is 17.7 Å². The highest BCUT2D eigenvalue weighted by Gasteiger charge is 2.32. The molecule has 1 aromatic heterocycles. The molecule has 0 unspecified atom stereocenters. The first-order chi connectivity index (χ1) is 14.5. The van der Waals surface area contributed by atoms with Gasteiger partial charge in [-0.05, 0) is 31.0 Å². The number of esters is 1. The quantitative estimate of drug-likeness (QED) is 0.628. The number of nitrogens with one attached hydrogen (secondary N) is 1. The Labute approximate surface area is 182 Å². The fourth-order valence-electron chi connectivity index (χ4n) is 3.36. The summed E-state index contributed by atoms with van der Waals surface area (Å²) in [6.45, 7) is 6.65. The minimum absolute atomic E-state index is 0.166. The molecule has 3 rings (SSSR count). The predicted molar refractivity (Wildman–Crippen MR) is 116 cm³/mol. The molecule has 162 valence electrons. The number of hydrogen-bond donors (Lipinski definition) is 1. The molecule has 1 saturated heterocycles. The lowest BCUT2D eigenvalue weighted by Crippen LogP contribution is -2.36. The number of halogens is 1. The summed E-state index contributed by atoms with van der Waals surface area (Å²) in [6, 6.07) is 5.38. The third kappa shape index (κ3) is 4.84. The van der Waals surface area contributed by atoms with Gasteiger partial charge in [0, 0.05) is 12.0 Å². The Morgan fingerprint density at radius 3 is 2.60 bits per heavy atom. The van der Waals surface area contributed by atoms with Crippen LogP contribution in [0.15, 0.2) is 18.2 Å². The second kappa shape index (κ2) is 10.1. The molecule has 2 heterocycles. The number of aromatic nitrogens is 2. The summed E-state index contributed by atoms with van der Waals surface area (Å²) in [5, 5.41) is 3.96. The van der Waals surface area contributed by atoms with Crippen LogP contribution in [0.25, 0.3) is 11.3 Å². The highest BCUT2D eigenvalue weighted by atomic mass is 35.5. The first-order valence-corrected chi connectivity index (χ1v) is 10.7. The van der Waals surface area contributed by atoms with Gasteiger partial charge in [-0.15, -0.1) is 0 Å². The van der Waals surface area contributed by atoms with Gasteiger partial charge in [0.25, 0.3) is 0 Å². The van der Waals surface area contributed by atoms with Crippen molar-refractivity contribution < 1.29 is 19.0 Å². The Kier molecular flexibility index (Phi) is 7.50. The summed E-state index contributed by atoms with van der Waals surface area (Å²) in [5.41, 5.74) is 3.25. The smallest absolute Gasteiger partial charge is 0.305 e. The van der Waals surface area contributed by atoms with Crippen LogP contribution in [0, 0.1) is 0 Å². The van der Waals surface area contributed by atoms with Crippen molar-refractivity contribution in [2.45, 2.75) is 52.2 Å². The van der Waals surface area contributed by atoms with Crippen molar-refractivity contribution in [1.29, 1.82) is 0 Å². The van der Waals surface area contributed by atoms with E-state index < -0.39 is 0 Å². The molecule has 7 nitrogen and oxygen atoms in total. The van der Waals surface area contributed by atoms with E-state index in [1.807, 2.05) is 26.0 Å². The van der Waals surface area contributed by atoms with Gasteiger partial charge >= 0.3 is 5.97 Å². The molecule has 0 amide bonds. The van der Waals surface area contributed by atoms with Crippen molar-refractivity contribution in [3.05, 3.63) is 34.6 Å². The van der Waals surface area contributed by atoms with E-state index in [1.54, 1.807) is 20.1 Å². The first kappa shape index (κ1) is 22.3. The predicted octanol–water partition coefficient (Wildman–Crippen LogP) is 4.06. The number of hydrogen-bond acceptors (Lipinski definition) is 7. The molecule has 8 heteroatoms. The molecule has 1 aliphatic heterocycles. The van der Waals surface area contributed by atoms with Crippen LogP contribution in [0.4, 0.5) is 5.82 Å². The molecule has 1 fully saturated rings. The Balaban J connectivity index is 1.93.